The smallest absolute Gasteiger partial charge is 0.278 e. The predicted octanol–water partition coefficient (Wildman–Crippen LogP) is 4.02. The third kappa shape index (κ3) is 3.03. The molecular formula is C17H11ClN4O2S2. The number of halogens is 1. The number of thiazole rings is 1. The van der Waals surface area contributed by atoms with Gasteiger partial charge in [0.15, 0.2) is 10.8 Å². The van der Waals surface area contributed by atoms with Gasteiger partial charge in [-0.1, -0.05) is 29.8 Å². The van der Waals surface area contributed by atoms with Gasteiger partial charge in [-0.15, -0.1) is 22.7 Å². The van der Waals surface area contributed by atoms with E-state index in [1.54, 1.807) is 30.3 Å². The zero-order valence-corrected chi connectivity index (χ0v) is 15.8. The van der Waals surface area contributed by atoms with Crippen LogP contribution in [-0.2, 0) is 7.05 Å². The van der Waals surface area contributed by atoms with Crippen LogP contribution in [0.25, 0.3) is 21.3 Å². The van der Waals surface area contributed by atoms with Gasteiger partial charge in [0.25, 0.3) is 11.5 Å². The van der Waals surface area contributed by atoms with E-state index in [2.05, 4.69) is 15.4 Å². The van der Waals surface area contributed by atoms with Crippen LogP contribution in [0.4, 0.5) is 5.13 Å². The van der Waals surface area contributed by atoms with Gasteiger partial charge in [0.2, 0.25) is 0 Å². The van der Waals surface area contributed by atoms with Gasteiger partial charge >= 0.3 is 0 Å². The highest BCUT2D eigenvalue weighted by atomic mass is 35.5. The maximum Gasteiger partial charge on any atom is 0.278 e. The number of hydrogen-bond donors (Lipinski definition) is 1. The fraction of sp³-hybridized carbons (Fsp3) is 0.0588. The second-order valence-electron chi connectivity index (χ2n) is 5.42. The van der Waals surface area contributed by atoms with Crippen molar-refractivity contribution in [2.45, 2.75) is 0 Å². The highest BCUT2D eigenvalue weighted by molar-refractivity contribution is 7.20. The van der Waals surface area contributed by atoms with Crippen LogP contribution in [0.5, 0.6) is 0 Å². The number of nitrogens with one attached hydrogen (secondary N) is 1. The van der Waals surface area contributed by atoms with Gasteiger partial charge in [-0.3, -0.25) is 14.9 Å². The summed E-state index contributed by atoms with van der Waals surface area (Å²) in [5.41, 5.74) is 0.683. The summed E-state index contributed by atoms with van der Waals surface area (Å²) in [5.74, 6) is -0.415. The molecule has 0 radical (unpaired) electrons. The van der Waals surface area contributed by atoms with E-state index >= 15 is 0 Å². The van der Waals surface area contributed by atoms with E-state index in [4.69, 9.17) is 11.6 Å². The molecular weight excluding hydrogens is 392 g/mol. The van der Waals surface area contributed by atoms with Crippen LogP contribution >= 0.6 is 34.3 Å². The molecule has 1 N–H and O–H groups in total. The highest BCUT2D eigenvalue weighted by Gasteiger charge is 2.17. The molecule has 0 aliphatic carbocycles. The number of carbonyl (C=O) groups is 1. The second-order valence-corrected chi connectivity index (χ2v) is 7.99. The van der Waals surface area contributed by atoms with Crippen molar-refractivity contribution in [1.29, 1.82) is 0 Å². The lowest BCUT2D eigenvalue weighted by atomic mass is 10.1. The van der Waals surface area contributed by atoms with Crippen molar-refractivity contribution < 1.29 is 4.79 Å². The zero-order chi connectivity index (χ0) is 18.3. The number of carbonyl (C=O) groups excluding carboxylic acids is 1. The number of hydrogen-bond acceptors (Lipinski definition) is 6. The van der Waals surface area contributed by atoms with E-state index in [1.165, 1.54) is 29.7 Å². The molecule has 3 aromatic heterocycles. The van der Waals surface area contributed by atoms with Crippen molar-refractivity contribution in [1.82, 2.24) is 14.8 Å². The molecule has 0 aliphatic heterocycles. The van der Waals surface area contributed by atoms with E-state index in [0.717, 1.165) is 15.3 Å². The van der Waals surface area contributed by atoms with Crippen LogP contribution in [0.3, 0.4) is 0 Å². The minimum Gasteiger partial charge on any atom is -0.296 e. The van der Waals surface area contributed by atoms with Crippen molar-refractivity contribution >= 4 is 56.1 Å². The molecule has 0 saturated heterocycles. The standard InChI is InChI=1S/C17H11ClN4O2S2/c1-22-16(24)10-5-3-2-4-9(10)14(21-22)15(23)20-17-19-11(8-25-17)12-6-7-13(18)26-12/h2-8H,1H3,(H,19,20,23). The summed E-state index contributed by atoms with van der Waals surface area (Å²) in [4.78, 5) is 30.2. The summed E-state index contributed by atoms with van der Waals surface area (Å²) in [6.45, 7) is 0. The molecule has 9 heteroatoms. The van der Waals surface area contributed by atoms with Crippen molar-refractivity contribution in [3.63, 3.8) is 0 Å². The normalized spacial score (nSPS) is 11.0. The summed E-state index contributed by atoms with van der Waals surface area (Å²) in [7, 11) is 1.52. The number of nitrogens with zero attached hydrogens (tertiary/aromatic N) is 3. The van der Waals surface area contributed by atoms with E-state index in [-0.39, 0.29) is 11.3 Å². The molecule has 4 rings (SSSR count). The Morgan fingerprint density at radius 1 is 1.19 bits per heavy atom. The van der Waals surface area contributed by atoms with Crippen LogP contribution in [0.2, 0.25) is 4.34 Å². The second kappa shape index (κ2) is 6.64. The molecule has 0 atom stereocenters. The Kier molecular flexibility index (Phi) is 4.31. The number of anilines is 1. The third-order valence-corrected chi connectivity index (χ3v) is 5.73. The summed E-state index contributed by atoms with van der Waals surface area (Å²) >= 11 is 8.69. The van der Waals surface area contributed by atoms with Crippen LogP contribution in [-0.4, -0.2) is 20.7 Å². The summed E-state index contributed by atoms with van der Waals surface area (Å²) < 4.78 is 1.84. The number of fused-ring (bicyclic) bond motifs is 1. The van der Waals surface area contributed by atoms with Crippen LogP contribution in [0.1, 0.15) is 10.5 Å². The molecule has 4 aromatic rings. The summed E-state index contributed by atoms with van der Waals surface area (Å²) in [6, 6.07) is 10.6. The van der Waals surface area contributed by atoms with Crippen LogP contribution < -0.4 is 10.9 Å². The maximum atomic E-state index is 12.7. The fourth-order valence-electron chi connectivity index (χ4n) is 2.52. The number of thiophene rings is 1. The number of aryl methyl sites for hydroxylation is 1. The van der Waals surface area contributed by atoms with Crippen LogP contribution in [0.15, 0.2) is 46.6 Å². The molecule has 0 fully saturated rings. The lowest BCUT2D eigenvalue weighted by Gasteiger charge is -2.07. The Labute approximate surface area is 160 Å². The fourth-order valence-corrected chi connectivity index (χ4v) is 4.30. The molecule has 0 unspecified atom stereocenters. The third-order valence-electron chi connectivity index (χ3n) is 3.72. The van der Waals surface area contributed by atoms with E-state index < -0.39 is 5.91 Å². The average molecular weight is 403 g/mol. The molecule has 6 nitrogen and oxygen atoms in total. The molecule has 0 saturated carbocycles. The van der Waals surface area contributed by atoms with Gasteiger partial charge in [-0.25, -0.2) is 9.67 Å². The lowest BCUT2D eigenvalue weighted by Crippen LogP contribution is -2.25. The van der Waals surface area contributed by atoms with E-state index in [0.29, 0.717) is 20.2 Å². The number of aromatic nitrogens is 3. The van der Waals surface area contributed by atoms with Gasteiger partial charge in [0.1, 0.15) is 0 Å². The maximum absolute atomic E-state index is 12.7. The van der Waals surface area contributed by atoms with E-state index in [1.807, 2.05) is 11.4 Å². The van der Waals surface area contributed by atoms with Crippen molar-refractivity contribution in [3.8, 4) is 10.6 Å². The topological polar surface area (TPSA) is 76.9 Å². The zero-order valence-electron chi connectivity index (χ0n) is 13.4. The Balaban J connectivity index is 1.67. The monoisotopic (exact) mass is 402 g/mol. The molecule has 1 amide bonds. The average Bonchev–Trinajstić information content (AvgIpc) is 3.27. The molecule has 0 spiro atoms. The predicted molar refractivity (Wildman–Crippen MR) is 105 cm³/mol. The quantitative estimate of drug-likeness (QED) is 0.561. The van der Waals surface area contributed by atoms with Crippen molar-refractivity contribution in [3.05, 3.63) is 62.2 Å². The SMILES string of the molecule is Cn1nc(C(=O)Nc2nc(-c3ccc(Cl)s3)cs2)c2ccccc2c1=O. The molecule has 0 bridgehead atoms. The Bertz CT molecular complexity index is 1190. The number of benzene rings is 1. The van der Waals surface area contributed by atoms with Gasteiger partial charge in [-0.2, -0.15) is 5.10 Å². The summed E-state index contributed by atoms with van der Waals surface area (Å²) in [5, 5.41) is 10.1. The van der Waals surface area contributed by atoms with Crippen molar-refractivity contribution in [2.75, 3.05) is 5.32 Å². The molecule has 0 aliphatic rings. The van der Waals surface area contributed by atoms with Crippen LogP contribution in [0, 0.1) is 0 Å². The number of rotatable bonds is 3. The Hall–Kier alpha value is -2.55. The molecule has 130 valence electrons. The molecule has 26 heavy (non-hydrogen) atoms. The first-order valence-electron chi connectivity index (χ1n) is 7.51. The lowest BCUT2D eigenvalue weighted by molar-refractivity contribution is 0.102. The first-order chi connectivity index (χ1) is 12.5. The minimum atomic E-state index is -0.415. The van der Waals surface area contributed by atoms with Gasteiger partial charge in [0, 0.05) is 17.8 Å². The Morgan fingerprint density at radius 3 is 2.69 bits per heavy atom. The van der Waals surface area contributed by atoms with Crippen molar-refractivity contribution in [2.24, 2.45) is 7.05 Å². The summed E-state index contributed by atoms with van der Waals surface area (Å²) in [6.07, 6.45) is 0. The molecule has 3 heterocycles. The van der Waals surface area contributed by atoms with E-state index in [9.17, 15) is 9.59 Å². The highest BCUT2D eigenvalue weighted by Crippen LogP contribution is 2.33. The molecule has 1 aromatic carbocycles. The largest absolute Gasteiger partial charge is 0.296 e. The first kappa shape index (κ1) is 16.9. The van der Waals surface area contributed by atoms with Gasteiger partial charge in [0.05, 0.1) is 20.3 Å². The van der Waals surface area contributed by atoms with Gasteiger partial charge in [-0.05, 0) is 18.2 Å². The first-order valence-corrected chi connectivity index (χ1v) is 9.59. The minimum absolute atomic E-state index is 0.179. The van der Waals surface area contributed by atoms with Gasteiger partial charge < -0.3 is 0 Å². The number of amides is 1. The Morgan fingerprint density at radius 2 is 1.96 bits per heavy atom.